The van der Waals surface area contributed by atoms with Crippen LogP contribution in [0.4, 0.5) is 0 Å². The number of benzene rings is 2. The van der Waals surface area contributed by atoms with Gasteiger partial charge in [0.1, 0.15) is 0 Å². The highest BCUT2D eigenvalue weighted by atomic mass is 32.1. The number of H-pyrrole nitrogens is 1. The van der Waals surface area contributed by atoms with Crippen molar-refractivity contribution in [3.05, 3.63) is 74.8 Å². The average Bonchev–Trinajstić information content (AvgIpc) is 2.52. The van der Waals surface area contributed by atoms with Crippen LogP contribution in [0, 0.1) is 4.77 Å². The Morgan fingerprint density at radius 1 is 1.05 bits per heavy atom. The van der Waals surface area contributed by atoms with Crippen molar-refractivity contribution in [1.29, 1.82) is 0 Å². The first-order chi connectivity index (χ1) is 10.2. The zero-order valence-electron chi connectivity index (χ0n) is 11.8. The van der Waals surface area contributed by atoms with Gasteiger partial charge in [0.2, 0.25) is 0 Å². The van der Waals surface area contributed by atoms with Crippen LogP contribution >= 0.6 is 12.2 Å². The third-order valence-corrected chi connectivity index (χ3v) is 4.04. The monoisotopic (exact) mass is 296 g/mol. The molecule has 0 amide bonds. The Balaban J connectivity index is 2.17. The minimum atomic E-state index is -0.0414. The summed E-state index contributed by atoms with van der Waals surface area (Å²) in [7, 11) is 0. The van der Waals surface area contributed by atoms with Crippen LogP contribution in [0.2, 0.25) is 0 Å². The van der Waals surface area contributed by atoms with Crippen LogP contribution in [-0.2, 0) is 13.0 Å². The van der Waals surface area contributed by atoms with Crippen molar-refractivity contribution in [2.24, 2.45) is 0 Å². The van der Waals surface area contributed by atoms with Gasteiger partial charge in [0, 0.05) is 0 Å². The number of nitrogens with one attached hydrogen (secondary N) is 1. The van der Waals surface area contributed by atoms with Crippen LogP contribution < -0.4 is 5.56 Å². The summed E-state index contributed by atoms with van der Waals surface area (Å²) in [5.74, 6) is 0. The Hall–Kier alpha value is -2.20. The van der Waals surface area contributed by atoms with Gasteiger partial charge in [0.15, 0.2) is 4.77 Å². The van der Waals surface area contributed by atoms with Gasteiger partial charge in [-0.1, -0.05) is 43.3 Å². The van der Waals surface area contributed by atoms with Gasteiger partial charge in [0.05, 0.1) is 17.4 Å². The van der Waals surface area contributed by atoms with Gasteiger partial charge in [-0.2, -0.15) is 0 Å². The predicted molar refractivity (Wildman–Crippen MR) is 88.3 cm³/mol. The van der Waals surface area contributed by atoms with Gasteiger partial charge in [-0.15, -0.1) is 0 Å². The lowest BCUT2D eigenvalue weighted by atomic mass is 10.1. The second kappa shape index (κ2) is 5.66. The topological polar surface area (TPSA) is 37.8 Å². The first-order valence-electron chi connectivity index (χ1n) is 6.99. The molecule has 21 heavy (non-hydrogen) atoms. The molecule has 0 spiro atoms. The molecule has 3 aromatic rings. The van der Waals surface area contributed by atoms with E-state index >= 15 is 0 Å². The van der Waals surface area contributed by atoms with Crippen molar-refractivity contribution < 1.29 is 0 Å². The summed E-state index contributed by atoms with van der Waals surface area (Å²) in [4.78, 5) is 15.8. The third kappa shape index (κ3) is 2.54. The molecular formula is C17H16N2OS. The molecule has 0 saturated heterocycles. The number of nitrogens with zero attached hydrogens (tertiary/aromatic N) is 1. The van der Waals surface area contributed by atoms with Crippen LogP contribution in [0.15, 0.2) is 53.3 Å². The Labute approximate surface area is 127 Å². The van der Waals surface area contributed by atoms with Crippen molar-refractivity contribution in [2.45, 2.75) is 19.9 Å². The van der Waals surface area contributed by atoms with Crippen molar-refractivity contribution in [3.8, 4) is 0 Å². The van der Waals surface area contributed by atoms with Gasteiger partial charge in [-0.05, 0) is 41.9 Å². The number of aromatic amines is 1. The Bertz CT molecular complexity index is 908. The summed E-state index contributed by atoms with van der Waals surface area (Å²) in [5.41, 5.74) is 3.12. The Morgan fingerprint density at radius 3 is 2.48 bits per heavy atom. The summed E-state index contributed by atoms with van der Waals surface area (Å²) < 4.78 is 2.09. The van der Waals surface area contributed by atoms with Gasteiger partial charge in [-0.3, -0.25) is 9.36 Å². The maximum Gasteiger partial charge on any atom is 0.262 e. The summed E-state index contributed by atoms with van der Waals surface area (Å²) in [6.07, 6.45) is 0.939. The van der Waals surface area contributed by atoms with E-state index in [2.05, 4.69) is 24.0 Å². The largest absolute Gasteiger partial charge is 0.332 e. The lowest BCUT2D eigenvalue weighted by molar-refractivity contribution is 0.727. The average molecular weight is 296 g/mol. The van der Waals surface area contributed by atoms with E-state index in [1.807, 2.05) is 36.4 Å². The van der Waals surface area contributed by atoms with Crippen molar-refractivity contribution in [3.63, 3.8) is 0 Å². The molecule has 0 atom stereocenters. The maximum atomic E-state index is 12.6. The van der Waals surface area contributed by atoms with Crippen molar-refractivity contribution >= 4 is 23.1 Å². The molecule has 3 nitrogen and oxygen atoms in total. The van der Waals surface area contributed by atoms with E-state index in [4.69, 9.17) is 12.2 Å². The highest BCUT2D eigenvalue weighted by Crippen LogP contribution is 2.12. The molecule has 1 N–H and O–H groups in total. The van der Waals surface area contributed by atoms with E-state index < -0.39 is 0 Å². The third-order valence-electron chi connectivity index (χ3n) is 3.72. The van der Waals surface area contributed by atoms with Crippen LogP contribution in [0.25, 0.3) is 10.9 Å². The molecule has 1 aromatic heterocycles. The summed E-state index contributed by atoms with van der Waals surface area (Å²) in [5, 5.41) is 0.667. The molecular weight excluding hydrogens is 280 g/mol. The molecule has 0 aliphatic heterocycles. The summed E-state index contributed by atoms with van der Waals surface area (Å²) >= 11 is 5.35. The first-order valence-corrected chi connectivity index (χ1v) is 7.40. The SMILES string of the molecule is CCc1ccccc1Cn1c(=S)[nH]c2ccccc2c1=O. The lowest BCUT2D eigenvalue weighted by Crippen LogP contribution is -2.23. The number of rotatable bonds is 3. The number of hydrogen-bond donors (Lipinski definition) is 1. The van der Waals surface area contributed by atoms with E-state index in [1.54, 1.807) is 4.57 Å². The summed E-state index contributed by atoms with van der Waals surface area (Å²) in [6, 6.07) is 15.6. The predicted octanol–water partition coefficient (Wildman–Crippen LogP) is 3.67. The van der Waals surface area contributed by atoms with E-state index in [1.165, 1.54) is 5.56 Å². The molecule has 2 aromatic carbocycles. The molecule has 0 radical (unpaired) electrons. The number of aryl methyl sites for hydroxylation is 1. The van der Waals surface area contributed by atoms with E-state index in [0.29, 0.717) is 16.7 Å². The normalized spacial score (nSPS) is 10.9. The molecule has 1 heterocycles. The van der Waals surface area contributed by atoms with Crippen LogP contribution in [0.5, 0.6) is 0 Å². The molecule has 0 saturated carbocycles. The molecule has 0 aliphatic carbocycles. The van der Waals surface area contributed by atoms with Crippen molar-refractivity contribution in [2.75, 3.05) is 0 Å². The van der Waals surface area contributed by atoms with Gasteiger partial charge in [-0.25, -0.2) is 0 Å². The first kappa shape index (κ1) is 13.8. The van der Waals surface area contributed by atoms with E-state index in [0.717, 1.165) is 17.5 Å². The minimum absolute atomic E-state index is 0.0414. The fourth-order valence-corrected chi connectivity index (χ4v) is 2.83. The standard InChI is InChI=1S/C17H16N2OS/c1-2-12-7-3-4-8-13(12)11-19-16(20)14-9-5-6-10-15(14)18-17(19)21/h3-10H,2,11H2,1H3,(H,18,21). The molecule has 0 unspecified atom stereocenters. The number of para-hydroxylation sites is 1. The van der Waals surface area contributed by atoms with E-state index in [-0.39, 0.29) is 5.56 Å². The summed E-state index contributed by atoms with van der Waals surface area (Å²) in [6.45, 7) is 2.62. The molecule has 4 heteroatoms. The quantitative estimate of drug-likeness (QED) is 0.749. The zero-order chi connectivity index (χ0) is 14.8. The van der Waals surface area contributed by atoms with E-state index in [9.17, 15) is 4.79 Å². The highest BCUT2D eigenvalue weighted by Gasteiger charge is 2.07. The van der Waals surface area contributed by atoms with Crippen LogP contribution in [0.3, 0.4) is 0 Å². The molecule has 0 aliphatic rings. The maximum absolute atomic E-state index is 12.6. The molecule has 0 bridgehead atoms. The lowest BCUT2D eigenvalue weighted by Gasteiger charge is -2.11. The number of hydrogen-bond acceptors (Lipinski definition) is 2. The molecule has 0 fully saturated rings. The van der Waals surface area contributed by atoms with Gasteiger partial charge < -0.3 is 4.98 Å². The van der Waals surface area contributed by atoms with Gasteiger partial charge >= 0.3 is 0 Å². The van der Waals surface area contributed by atoms with Crippen LogP contribution in [-0.4, -0.2) is 9.55 Å². The number of fused-ring (bicyclic) bond motifs is 1. The fourth-order valence-electron chi connectivity index (χ4n) is 2.57. The molecule has 3 rings (SSSR count). The van der Waals surface area contributed by atoms with Crippen LogP contribution in [0.1, 0.15) is 18.1 Å². The second-order valence-corrected chi connectivity index (χ2v) is 5.38. The second-order valence-electron chi connectivity index (χ2n) is 4.99. The Kier molecular flexibility index (Phi) is 3.71. The minimum Gasteiger partial charge on any atom is -0.332 e. The molecule has 106 valence electrons. The van der Waals surface area contributed by atoms with Gasteiger partial charge in [0.25, 0.3) is 5.56 Å². The smallest absolute Gasteiger partial charge is 0.262 e. The fraction of sp³-hybridized carbons (Fsp3) is 0.176. The highest BCUT2D eigenvalue weighted by molar-refractivity contribution is 7.71. The zero-order valence-corrected chi connectivity index (χ0v) is 12.6. The van der Waals surface area contributed by atoms with Crippen molar-refractivity contribution in [1.82, 2.24) is 9.55 Å². The Morgan fingerprint density at radius 2 is 1.71 bits per heavy atom. The number of aromatic nitrogens is 2.